The summed E-state index contributed by atoms with van der Waals surface area (Å²) in [5.41, 5.74) is 5.12. The van der Waals surface area contributed by atoms with Gasteiger partial charge in [-0.3, -0.25) is 9.89 Å². The van der Waals surface area contributed by atoms with Crippen LogP contribution in [-0.2, 0) is 0 Å². The maximum absolute atomic E-state index is 13.2. The van der Waals surface area contributed by atoms with Gasteiger partial charge in [-0.05, 0) is 12.1 Å². The molecule has 0 radical (unpaired) electrons. The zero-order valence-electron chi connectivity index (χ0n) is 8.50. The van der Waals surface area contributed by atoms with E-state index in [0.717, 1.165) is 18.2 Å². The summed E-state index contributed by atoms with van der Waals surface area (Å²) in [7, 11) is 0. The number of nitrogens with two attached hydrogens (primary N) is 1. The average molecular weight is 238 g/mol. The molecule has 1 aromatic heterocycles. The minimum absolute atomic E-state index is 0.0613. The minimum Gasteiger partial charge on any atom is -0.382 e. The molecular weight excluding hydrogens is 230 g/mol. The predicted octanol–water partition coefficient (Wildman–Crippen LogP) is 1.52. The van der Waals surface area contributed by atoms with Gasteiger partial charge in [0.15, 0.2) is 0 Å². The lowest BCUT2D eigenvalue weighted by atomic mass is 10.3. The summed E-state index contributed by atoms with van der Waals surface area (Å²) in [6.07, 6.45) is 0. The number of rotatable bonds is 2. The summed E-state index contributed by atoms with van der Waals surface area (Å²) in [6.45, 7) is 0. The summed E-state index contributed by atoms with van der Waals surface area (Å²) in [5, 5.41) is 8.10. The minimum atomic E-state index is -0.729. The Hall–Kier alpha value is -2.44. The molecule has 1 aromatic carbocycles. The number of amides is 1. The smallest absolute Gasteiger partial charge is 0.273 e. The number of benzene rings is 1. The Bertz CT molecular complexity index is 567. The first-order chi connectivity index (χ1) is 8.06. The number of carbonyl (C=O) groups is 1. The van der Waals surface area contributed by atoms with E-state index in [4.69, 9.17) is 5.73 Å². The van der Waals surface area contributed by atoms with Crippen molar-refractivity contribution < 1.29 is 13.6 Å². The topological polar surface area (TPSA) is 83.8 Å². The first-order valence-corrected chi connectivity index (χ1v) is 4.63. The van der Waals surface area contributed by atoms with Crippen molar-refractivity contribution in [2.24, 2.45) is 0 Å². The number of H-pyrrole nitrogens is 1. The summed E-state index contributed by atoms with van der Waals surface area (Å²) in [5.74, 6) is -1.90. The number of halogens is 2. The normalized spacial score (nSPS) is 10.2. The van der Waals surface area contributed by atoms with Crippen LogP contribution in [0.25, 0.3) is 0 Å². The van der Waals surface area contributed by atoms with Gasteiger partial charge in [0.1, 0.15) is 23.1 Å². The molecule has 0 aliphatic heterocycles. The van der Waals surface area contributed by atoms with Gasteiger partial charge in [0, 0.05) is 12.1 Å². The van der Waals surface area contributed by atoms with Crippen molar-refractivity contribution in [3.8, 4) is 0 Å². The zero-order chi connectivity index (χ0) is 12.4. The number of hydrogen-bond acceptors (Lipinski definition) is 3. The molecule has 88 valence electrons. The number of nitrogens with zero attached hydrogens (tertiary/aromatic N) is 1. The Morgan fingerprint density at radius 1 is 1.35 bits per heavy atom. The van der Waals surface area contributed by atoms with Gasteiger partial charge in [0.05, 0.1) is 5.69 Å². The van der Waals surface area contributed by atoms with E-state index in [-0.39, 0.29) is 17.2 Å². The monoisotopic (exact) mass is 238 g/mol. The molecule has 0 atom stereocenters. The Morgan fingerprint density at radius 2 is 2.12 bits per heavy atom. The van der Waals surface area contributed by atoms with Crippen molar-refractivity contribution in [1.82, 2.24) is 10.2 Å². The van der Waals surface area contributed by atoms with Crippen LogP contribution in [0.15, 0.2) is 24.3 Å². The maximum atomic E-state index is 13.2. The number of nitrogens with one attached hydrogen (secondary N) is 2. The van der Waals surface area contributed by atoms with E-state index < -0.39 is 17.5 Å². The van der Waals surface area contributed by atoms with Gasteiger partial charge >= 0.3 is 0 Å². The largest absolute Gasteiger partial charge is 0.382 e. The third kappa shape index (κ3) is 2.39. The van der Waals surface area contributed by atoms with Gasteiger partial charge in [0.2, 0.25) is 0 Å². The molecule has 7 heteroatoms. The Morgan fingerprint density at radius 3 is 2.76 bits per heavy atom. The molecule has 0 saturated carbocycles. The molecule has 0 bridgehead atoms. The van der Waals surface area contributed by atoms with E-state index in [2.05, 4.69) is 15.5 Å². The van der Waals surface area contributed by atoms with Gasteiger partial charge < -0.3 is 11.1 Å². The highest BCUT2D eigenvalue weighted by atomic mass is 19.1. The fourth-order valence-electron chi connectivity index (χ4n) is 1.24. The van der Waals surface area contributed by atoms with Crippen LogP contribution in [0.1, 0.15) is 10.5 Å². The van der Waals surface area contributed by atoms with Crippen LogP contribution in [0, 0.1) is 11.6 Å². The first kappa shape index (κ1) is 11.1. The molecule has 1 amide bonds. The van der Waals surface area contributed by atoms with Crippen LogP contribution in [0.3, 0.4) is 0 Å². The third-order valence-corrected chi connectivity index (χ3v) is 2.02. The van der Waals surface area contributed by atoms with Crippen molar-refractivity contribution in [2.75, 3.05) is 11.1 Å². The van der Waals surface area contributed by atoms with Crippen LogP contribution in [0.4, 0.5) is 20.3 Å². The van der Waals surface area contributed by atoms with Gasteiger partial charge in [-0.1, -0.05) is 0 Å². The molecule has 1 heterocycles. The SMILES string of the molecule is Nc1cc(C(=O)Nc2cc(F)ccc2F)[nH]n1. The number of aromatic amines is 1. The Kier molecular flexibility index (Phi) is 2.73. The number of aromatic nitrogens is 2. The molecular formula is C10H8F2N4O. The van der Waals surface area contributed by atoms with Crippen molar-refractivity contribution >= 4 is 17.4 Å². The van der Waals surface area contributed by atoms with Gasteiger partial charge in [-0.25, -0.2) is 8.78 Å². The van der Waals surface area contributed by atoms with Crippen LogP contribution in [0.5, 0.6) is 0 Å². The molecule has 0 saturated heterocycles. The lowest BCUT2D eigenvalue weighted by molar-refractivity contribution is 0.102. The van der Waals surface area contributed by atoms with Gasteiger partial charge in [-0.2, -0.15) is 5.10 Å². The fraction of sp³-hybridized carbons (Fsp3) is 0. The first-order valence-electron chi connectivity index (χ1n) is 4.63. The van der Waals surface area contributed by atoms with E-state index in [1.165, 1.54) is 6.07 Å². The van der Waals surface area contributed by atoms with Crippen molar-refractivity contribution in [3.63, 3.8) is 0 Å². The number of hydrogen-bond donors (Lipinski definition) is 3. The fourth-order valence-corrected chi connectivity index (χ4v) is 1.24. The number of carbonyl (C=O) groups excluding carboxylic acids is 1. The molecule has 4 N–H and O–H groups in total. The van der Waals surface area contributed by atoms with Crippen LogP contribution in [-0.4, -0.2) is 16.1 Å². The lowest BCUT2D eigenvalue weighted by Crippen LogP contribution is -2.13. The molecule has 17 heavy (non-hydrogen) atoms. The second-order valence-electron chi connectivity index (χ2n) is 3.28. The summed E-state index contributed by atoms with van der Waals surface area (Å²) >= 11 is 0. The van der Waals surface area contributed by atoms with Gasteiger partial charge in [-0.15, -0.1) is 0 Å². The van der Waals surface area contributed by atoms with E-state index in [1.54, 1.807) is 0 Å². The van der Waals surface area contributed by atoms with Crippen molar-refractivity contribution in [1.29, 1.82) is 0 Å². The number of anilines is 2. The highest BCUT2D eigenvalue weighted by Crippen LogP contribution is 2.16. The van der Waals surface area contributed by atoms with Crippen molar-refractivity contribution in [2.45, 2.75) is 0 Å². The molecule has 0 aliphatic rings. The lowest BCUT2D eigenvalue weighted by Gasteiger charge is -2.04. The zero-order valence-corrected chi connectivity index (χ0v) is 8.50. The summed E-state index contributed by atoms with van der Waals surface area (Å²) < 4.78 is 26.1. The molecule has 0 unspecified atom stereocenters. The van der Waals surface area contributed by atoms with Crippen LogP contribution < -0.4 is 11.1 Å². The van der Waals surface area contributed by atoms with Gasteiger partial charge in [0.25, 0.3) is 5.91 Å². The van der Waals surface area contributed by atoms with E-state index in [0.29, 0.717) is 0 Å². The molecule has 0 aliphatic carbocycles. The van der Waals surface area contributed by atoms with Crippen LogP contribution >= 0.6 is 0 Å². The quantitative estimate of drug-likeness (QED) is 0.741. The van der Waals surface area contributed by atoms with Crippen LogP contribution in [0.2, 0.25) is 0 Å². The molecule has 5 nitrogen and oxygen atoms in total. The average Bonchev–Trinajstić information content (AvgIpc) is 2.70. The highest BCUT2D eigenvalue weighted by Gasteiger charge is 2.12. The van der Waals surface area contributed by atoms with E-state index in [1.807, 2.05) is 0 Å². The van der Waals surface area contributed by atoms with Crippen molar-refractivity contribution in [3.05, 3.63) is 41.6 Å². The molecule has 0 spiro atoms. The Labute approximate surface area is 94.6 Å². The maximum Gasteiger partial charge on any atom is 0.273 e. The predicted molar refractivity (Wildman–Crippen MR) is 57.3 cm³/mol. The van der Waals surface area contributed by atoms with E-state index in [9.17, 15) is 13.6 Å². The van der Waals surface area contributed by atoms with E-state index >= 15 is 0 Å². The standard InChI is InChI=1S/C10H8F2N4O/c11-5-1-2-6(12)7(3-5)14-10(17)8-4-9(13)16-15-8/h1-4H,(H,14,17)(H3,13,15,16). The number of nitrogen functional groups attached to an aromatic ring is 1. The second-order valence-corrected chi connectivity index (χ2v) is 3.28. The Balaban J connectivity index is 2.21. The summed E-state index contributed by atoms with van der Waals surface area (Å²) in [4.78, 5) is 11.6. The molecule has 2 rings (SSSR count). The highest BCUT2D eigenvalue weighted by molar-refractivity contribution is 6.03. The molecule has 0 fully saturated rings. The summed E-state index contributed by atoms with van der Waals surface area (Å²) in [6, 6.07) is 4.05. The second kappa shape index (κ2) is 4.20. The molecule has 2 aromatic rings. The third-order valence-electron chi connectivity index (χ3n) is 2.02.